The Balaban J connectivity index is 1.28. The van der Waals surface area contributed by atoms with Gasteiger partial charge in [0.25, 0.3) is 0 Å². The summed E-state index contributed by atoms with van der Waals surface area (Å²) in [6, 6.07) is 8.53. The highest BCUT2D eigenvalue weighted by atomic mass is 16.3. The summed E-state index contributed by atoms with van der Waals surface area (Å²) in [6.07, 6.45) is 11.7. The maximum atomic E-state index is 13.2. The first kappa shape index (κ1) is 26.0. The molecule has 0 atom stereocenters. The van der Waals surface area contributed by atoms with Crippen molar-refractivity contribution >= 4 is 23.4 Å². The van der Waals surface area contributed by atoms with Crippen molar-refractivity contribution in [2.24, 2.45) is 11.8 Å². The number of aliphatic hydroxyl groups excluding tert-OH is 1. The number of aromatic nitrogens is 2. The Morgan fingerprint density at radius 2 is 1.73 bits per heavy atom. The van der Waals surface area contributed by atoms with Gasteiger partial charge in [-0.2, -0.15) is 4.98 Å². The third-order valence-electron chi connectivity index (χ3n) is 8.74. The van der Waals surface area contributed by atoms with Gasteiger partial charge in [-0.05, 0) is 101 Å². The van der Waals surface area contributed by atoms with E-state index in [0.717, 1.165) is 87.4 Å². The highest BCUT2D eigenvalue weighted by Crippen LogP contribution is 2.36. The third kappa shape index (κ3) is 6.61. The minimum atomic E-state index is -0.185. The first-order chi connectivity index (χ1) is 17.9. The Hall–Kier alpha value is -2.67. The van der Waals surface area contributed by atoms with Crippen LogP contribution in [0.25, 0.3) is 0 Å². The summed E-state index contributed by atoms with van der Waals surface area (Å²) < 4.78 is 0. The molecule has 1 aromatic heterocycles. The summed E-state index contributed by atoms with van der Waals surface area (Å²) in [5.74, 6) is 3.18. The van der Waals surface area contributed by atoms with Gasteiger partial charge in [0.2, 0.25) is 11.9 Å². The lowest BCUT2D eigenvalue weighted by Gasteiger charge is -2.36. The number of hydrogen-bond acceptors (Lipinski definition) is 6. The van der Waals surface area contributed by atoms with Gasteiger partial charge in [0.05, 0.1) is 6.10 Å². The van der Waals surface area contributed by atoms with Crippen LogP contribution in [-0.4, -0.2) is 51.1 Å². The molecule has 3 N–H and O–H groups in total. The lowest BCUT2D eigenvalue weighted by molar-refractivity contribution is -0.137. The number of anilines is 3. The molecular weight excluding hydrogens is 462 g/mol. The van der Waals surface area contributed by atoms with Gasteiger partial charge in [-0.3, -0.25) is 4.79 Å². The molecule has 5 rings (SSSR count). The standard InChI is InChI=1S/C30H43N5O2/c1-20-6-8-23(9-7-20)29(37)35-16-14-22(15-17-35)27-19-31-30(33-25-5-3-4-21(2)18-25)34-28(27)32-24-10-12-26(36)13-11-24/h3-5,18-20,22-24,26,36H,6-17H2,1-2H3,(H2,31,32,33,34). The number of carbonyl (C=O) groups excluding carboxylic acids is 1. The predicted octanol–water partition coefficient (Wildman–Crippen LogP) is 5.78. The second kappa shape index (κ2) is 11.8. The van der Waals surface area contributed by atoms with Crippen molar-refractivity contribution in [1.82, 2.24) is 14.9 Å². The quantitative estimate of drug-likeness (QED) is 0.461. The molecule has 3 aliphatic rings. The van der Waals surface area contributed by atoms with Crippen LogP contribution in [0.4, 0.5) is 17.5 Å². The molecule has 200 valence electrons. The van der Waals surface area contributed by atoms with E-state index in [-0.39, 0.29) is 12.0 Å². The van der Waals surface area contributed by atoms with Crippen molar-refractivity contribution in [3.05, 3.63) is 41.6 Å². The summed E-state index contributed by atoms with van der Waals surface area (Å²) in [7, 11) is 0. The van der Waals surface area contributed by atoms with Gasteiger partial charge in [0.15, 0.2) is 0 Å². The van der Waals surface area contributed by atoms with Crippen molar-refractivity contribution in [2.75, 3.05) is 23.7 Å². The van der Waals surface area contributed by atoms with Gasteiger partial charge in [0.1, 0.15) is 5.82 Å². The van der Waals surface area contributed by atoms with E-state index in [9.17, 15) is 9.90 Å². The van der Waals surface area contributed by atoms with Crippen LogP contribution in [0.15, 0.2) is 30.5 Å². The fraction of sp³-hybridized carbons (Fsp3) is 0.633. The molecule has 0 radical (unpaired) electrons. The van der Waals surface area contributed by atoms with Gasteiger partial charge in [0, 0.05) is 42.5 Å². The largest absolute Gasteiger partial charge is 0.393 e. The molecule has 7 heteroatoms. The van der Waals surface area contributed by atoms with Crippen molar-refractivity contribution in [1.29, 1.82) is 0 Å². The van der Waals surface area contributed by atoms with Crippen LogP contribution in [-0.2, 0) is 4.79 Å². The third-order valence-corrected chi connectivity index (χ3v) is 8.74. The SMILES string of the molecule is Cc1cccc(Nc2ncc(C3CCN(C(=O)C4CCC(C)CC4)CC3)c(NC3CCC(O)CC3)n2)c1. The molecule has 2 aliphatic carbocycles. The average molecular weight is 506 g/mol. The number of carbonyl (C=O) groups is 1. The van der Waals surface area contributed by atoms with E-state index >= 15 is 0 Å². The lowest BCUT2D eigenvalue weighted by atomic mass is 9.81. The number of aryl methyl sites for hydroxylation is 1. The van der Waals surface area contributed by atoms with Gasteiger partial charge in [-0.25, -0.2) is 4.98 Å². The molecule has 2 heterocycles. The van der Waals surface area contributed by atoms with Crippen LogP contribution >= 0.6 is 0 Å². The summed E-state index contributed by atoms with van der Waals surface area (Å²) >= 11 is 0. The molecule has 3 fully saturated rings. The molecule has 37 heavy (non-hydrogen) atoms. The first-order valence-electron chi connectivity index (χ1n) is 14.4. The number of nitrogens with zero attached hydrogens (tertiary/aromatic N) is 3. The van der Waals surface area contributed by atoms with Crippen molar-refractivity contribution in [3.8, 4) is 0 Å². The predicted molar refractivity (Wildman–Crippen MR) is 148 cm³/mol. The van der Waals surface area contributed by atoms with E-state index in [1.165, 1.54) is 18.4 Å². The number of amides is 1. The van der Waals surface area contributed by atoms with Gasteiger partial charge in [-0.15, -0.1) is 0 Å². The van der Waals surface area contributed by atoms with Crippen molar-refractivity contribution in [2.45, 2.75) is 96.1 Å². The molecule has 0 unspecified atom stereocenters. The minimum absolute atomic E-state index is 0.185. The minimum Gasteiger partial charge on any atom is -0.393 e. The van der Waals surface area contributed by atoms with Crippen LogP contribution < -0.4 is 10.6 Å². The number of nitrogens with one attached hydrogen (secondary N) is 2. The summed E-state index contributed by atoms with van der Waals surface area (Å²) in [5.41, 5.74) is 3.31. The van der Waals surface area contributed by atoms with Crippen LogP contribution in [0.3, 0.4) is 0 Å². The second-order valence-corrected chi connectivity index (χ2v) is 11.7. The van der Waals surface area contributed by atoms with Gasteiger partial charge in [-0.1, -0.05) is 19.1 Å². The van der Waals surface area contributed by atoms with Crippen molar-refractivity contribution < 1.29 is 9.90 Å². The van der Waals surface area contributed by atoms with Crippen LogP contribution in [0.1, 0.15) is 88.2 Å². The molecule has 1 aliphatic heterocycles. The van der Waals surface area contributed by atoms with E-state index in [2.05, 4.69) is 41.5 Å². The highest BCUT2D eigenvalue weighted by molar-refractivity contribution is 5.79. The molecule has 2 saturated carbocycles. The number of rotatable bonds is 6. The monoisotopic (exact) mass is 505 g/mol. The molecule has 2 aromatic rings. The number of likely N-dealkylation sites (tertiary alicyclic amines) is 1. The van der Waals surface area contributed by atoms with Gasteiger partial charge >= 0.3 is 0 Å². The summed E-state index contributed by atoms with van der Waals surface area (Å²) in [4.78, 5) is 24.9. The van der Waals surface area contributed by atoms with E-state index in [4.69, 9.17) is 9.97 Å². The molecule has 1 aromatic carbocycles. The second-order valence-electron chi connectivity index (χ2n) is 11.7. The first-order valence-corrected chi connectivity index (χ1v) is 14.4. The fourth-order valence-electron chi connectivity index (χ4n) is 6.31. The zero-order valence-electron chi connectivity index (χ0n) is 22.5. The summed E-state index contributed by atoms with van der Waals surface area (Å²) in [5, 5.41) is 17.0. The topological polar surface area (TPSA) is 90.4 Å². The zero-order chi connectivity index (χ0) is 25.8. The van der Waals surface area contributed by atoms with Crippen LogP contribution in [0.2, 0.25) is 0 Å². The summed E-state index contributed by atoms with van der Waals surface area (Å²) in [6.45, 7) is 6.00. The average Bonchev–Trinajstić information content (AvgIpc) is 2.90. The Bertz CT molecular complexity index is 1050. The lowest BCUT2D eigenvalue weighted by Crippen LogP contribution is -2.42. The Kier molecular flexibility index (Phi) is 8.28. The Morgan fingerprint density at radius 1 is 1.00 bits per heavy atom. The number of piperidine rings is 1. The normalized spacial score (nSPS) is 27.1. The van der Waals surface area contributed by atoms with E-state index in [1.54, 1.807) is 0 Å². The molecule has 0 spiro atoms. The number of aliphatic hydroxyl groups is 1. The number of benzene rings is 1. The van der Waals surface area contributed by atoms with Crippen LogP contribution in [0.5, 0.6) is 0 Å². The molecule has 1 amide bonds. The highest BCUT2D eigenvalue weighted by Gasteiger charge is 2.32. The Labute approximate surface area is 221 Å². The smallest absolute Gasteiger partial charge is 0.229 e. The zero-order valence-corrected chi connectivity index (χ0v) is 22.5. The fourth-order valence-corrected chi connectivity index (χ4v) is 6.31. The maximum Gasteiger partial charge on any atom is 0.229 e. The van der Waals surface area contributed by atoms with Gasteiger partial charge < -0.3 is 20.6 Å². The van der Waals surface area contributed by atoms with Crippen molar-refractivity contribution in [3.63, 3.8) is 0 Å². The Morgan fingerprint density at radius 3 is 2.43 bits per heavy atom. The molecular formula is C30H43N5O2. The number of hydrogen-bond donors (Lipinski definition) is 3. The van der Waals surface area contributed by atoms with Crippen LogP contribution in [0, 0.1) is 18.8 Å². The van der Waals surface area contributed by atoms with E-state index in [0.29, 0.717) is 23.8 Å². The molecule has 0 bridgehead atoms. The maximum absolute atomic E-state index is 13.2. The van der Waals surface area contributed by atoms with E-state index in [1.807, 2.05) is 18.3 Å². The molecule has 7 nitrogen and oxygen atoms in total. The van der Waals surface area contributed by atoms with E-state index < -0.39 is 0 Å². The molecule has 1 saturated heterocycles.